The SMILES string of the molecule is CS(=O)(=O)c1ccccc1-n1c(=O)n(Cc2ccccc2F)c(=O)c2[nH]cnc21. The van der Waals surface area contributed by atoms with Crippen molar-refractivity contribution in [2.24, 2.45) is 0 Å². The number of hydrogen-bond acceptors (Lipinski definition) is 5. The first-order valence-electron chi connectivity index (χ1n) is 8.51. The number of sulfone groups is 1. The van der Waals surface area contributed by atoms with Crippen molar-refractivity contribution in [2.45, 2.75) is 11.4 Å². The summed E-state index contributed by atoms with van der Waals surface area (Å²) in [7, 11) is -3.68. The van der Waals surface area contributed by atoms with Gasteiger partial charge in [0.1, 0.15) is 11.3 Å². The van der Waals surface area contributed by atoms with E-state index < -0.39 is 26.9 Å². The van der Waals surface area contributed by atoms with E-state index >= 15 is 0 Å². The molecule has 0 radical (unpaired) electrons. The van der Waals surface area contributed by atoms with Crippen LogP contribution >= 0.6 is 0 Å². The normalized spacial score (nSPS) is 11.8. The van der Waals surface area contributed by atoms with Crippen LogP contribution in [-0.4, -0.2) is 33.8 Å². The monoisotopic (exact) mass is 414 g/mol. The number of hydrogen-bond donors (Lipinski definition) is 1. The lowest BCUT2D eigenvalue weighted by Crippen LogP contribution is -2.40. The van der Waals surface area contributed by atoms with Crippen molar-refractivity contribution in [1.29, 1.82) is 0 Å². The Morgan fingerprint density at radius 2 is 1.76 bits per heavy atom. The van der Waals surface area contributed by atoms with Crippen molar-refractivity contribution in [2.75, 3.05) is 6.26 Å². The molecular formula is C19H15FN4O4S. The quantitative estimate of drug-likeness (QED) is 0.544. The first kappa shape index (κ1) is 18.8. The fourth-order valence-corrected chi connectivity index (χ4v) is 4.02. The van der Waals surface area contributed by atoms with Gasteiger partial charge in [0, 0.05) is 11.8 Å². The van der Waals surface area contributed by atoms with Gasteiger partial charge in [-0.3, -0.25) is 9.36 Å². The Morgan fingerprint density at radius 3 is 2.48 bits per heavy atom. The molecule has 2 aromatic heterocycles. The third-order valence-electron chi connectivity index (χ3n) is 4.50. The Kier molecular flexibility index (Phi) is 4.42. The first-order valence-corrected chi connectivity index (χ1v) is 10.4. The molecule has 2 aromatic carbocycles. The highest BCUT2D eigenvalue weighted by atomic mass is 32.2. The topological polar surface area (TPSA) is 107 Å². The molecule has 0 aliphatic heterocycles. The van der Waals surface area contributed by atoms with Gasteiger partial charge in [-0.25, -0.2) is 27.2 Å². The van der Waals surface area contributed by atoms with Crippen LogP contribution in [-0.2, 0) is 16.4 Å². The first-order chi connectivity index (χ1) is 13.8. The average Bonchev–Trinajstić information content (AvgIpc) is 3.16. The highest BCUT2D eigenvalue weighted by Crippen LogP contribution is 2.20. The van der Waals surface area contributed by atoms with E-state index in [1.165, 1.54) is 42.7 Å². The highest BCUT2D eigenvalue weighted by molar-refractivity contribution is 7.90. The van der Waals surface area contributed by atoms with Gasteiger partial charge in [0.2, 0.25) is 0 Å². The maximum atomic E-state index is 14.1. The van der Waals surface area contributed by atoms with Crippen LogP contribution in [0.1, 0.15) is 5.56 Å². The summed E-state index contributed by atoms with van der Waals surface area (Å²) in [4.78, 5) is 32.7. The molecule has 0 spiro atoms. The van der Waals surface area contributed by atoms with Crippen molar-refractivity contribution in [1.82, 2.24) is 19.1 Å². The molecule has 0 amide bonds. The Morgan fingerprint density at radius 1 is 1.07 bits per heavy atom. The summed E-state index contributed by atoms with van der Waals surface area (Å²) in [6.45, 7) is -0.319. The Labute approximate surface area is 163 Å². The average molecular weight is 414 g/mol. The summed E-state index contributed by atoms with van der Waals surface area (Å²) in [6.07, 6.45) is 2.26. The summed E-state index contributed by atoms with van der Waals surface area (Å²) in [5, 5.41) is 0. The van der Waals surface area contributed by atoms with Gasteiger partial charge < -0.3 is 4.98 Å². The largest absolute Gasteiger partial charge is 0.339 e. The molecular weight excluding hydrogens is 399 g/mol. The molecule has 0 aliphatic rings. The molecule has 0 aliphatic carbocycles. The van der Waals surface area contributed by atoms with Crippen molar-refractivity contribution in [3.05, 3.63) is 87.1 Å². The molecule has 0 atom stereocenters. The molecule has 0 saturated heterocycles. The minimum Gasteiger partial charge on any atom is -0.339 e. The molecule has 2 heterocycles. The minimum absolute atomic E-state index is 0.00393. The van der Waals surface area contributed by atoms with E-state index in [1.807, 2.05) is 0 Å². The van der Waals surface area contributed by atoms with Gasteiger partial charge in [0.05, 0.1) is 23.5 Å². The fraction of sp³-hybridized carbons (Fsp3) is 0.105. The summed E-state index contributed by atoms with van der Waals surface area (Å²) < 4.78 is 40.5. The summed E-state index contributed by atoms with van der Waals surface area (Å²) in [6, 6.07) is 11.7. The van der Waals surface area contributed by atoms with Gasteiger partial charge in [-0.05, 0) is 18.2 Å². The lowest BCUT2D eigenvalue weighted by atomic mass is 10.2. The number of nitrogens with one attached hydrogen (secondary N) is 1. The number of aromatic nitrogens is 4. The van der Waals surface area contributed by atoms with E-state index in [2.05, 4.69) is 9.97 Å². The summed E-state index contributed by atoms with van der Waals surface area (Å²) in [5.41, 5.74) is -1.31. The number of fused-ring (bicyclic) bond motifs is 1. The standard InChI is InChI=1S/C19H15FN4O4S/c1-29(27,28)15-9-5-4-8-14(15)24-17-16(21-11-22-17)18(25)23(19(24)26)10-12-6-2-3-7-13(12)20/h2-9,11H,10H2,1H3,(H,21,22). The van der Waals surface area contributed by atoms with E-state index in [9.17, 15) is 22.4 Å². The molecule has 10 heteroatoms. The van der Waals surface area contributed by atoms with Crippen molar-refractivity contribution < 1.29 is 12.8 Å². The van der Waals surface area contributed by atoms with E-state index in [0.717, 1.165) is 15.4 Å². The lowest BCUT2D eigenvalue weighted by molar-refractivity contribution is 0.586. The zero-order valence-corrected chi connectivity index (χ0v) is 16.0. The second-order valence-electron chi connectivity index (χ2n) is 6.44. The van der Waals surface area contributed by atoms with Crippen LogP contribution in [0.4, 0.5) is 4.39 Å². The zero-order valence-electron chi connectivity index (χ0n) is 15.2. The molecule has 1 N–H and O–H groups in total. The molecule has 0 unspecified atom stereocenters. The molecule has 0 saturated carbocycles. The van der Waals surface area contributed by atoms with Gasteiger partial charge >= 0.3 is 5.69 Å². The summed E-state index contributed by atoms with van der Waals surface area (Å²) >= 11 is 0. The van der Waals surface area contributed by atoms with Gasteiger partial charge in [-0.15, -0.1) is 0 Å². The second-order valence-corrected chi connectivity index (χ2v) is 8.43. The number of aromatic amines is 1. The Balaban J connectivity index is 2.08. The number of imidazole rings is 1. The maximum absolute atomic E-state index is 14.1. The van der Waals surface area contributed by atoms with Gasteiger partial charge in [-0.2, -0.15) is 0 Å². The van der Waals surface area contributed by atoms with Gasteiger partial charge in [0.15, 0.2) is 15.5 Å². The van der Waals surface area contributed by atoms with Crippen LogP contribution in [0.3, 0.4) is 0 Å². The van der Waals surface area contributed by atoms with Gasteiger partial charge in [0.25, 0.3) is 5.56 Å². The van der Waals surface area contributed by atoms with Crippen LogP contribution in [0.2, 0.25) is 0 Å². The van der Waals surface area contributed by atoms with E-state index in [4.69, 9.17) is 0 Å². The molecule has 0 fully saturated rings. The Bertz CT molecular complexity index is 1470. The maximum Gasteiger partial charge on any atom is 0.337 e. The summed E-state index contributed by atoms with van der Waals surface area (Å²) in [5.74, 6) is -0.563. The molecule has 0 bridgehead atoms. The van der Waals surface area contributed by atoms with E-state index in [-0.39, 0.29) is 33.9 Å². The number of para-hydroxylation sites is 1. The molecule has 8 nitrogen and oxygen atoms in total. The molecule has 29 heavy (non-hydrogen) atoms. The van der Waals surface area contributed by atoms with Crippen molar-refractivity contribution in [3.8, 4) is 5.69 Å². The van der Waals surface area contributed by atoms with Crippen molar-refractivity contribution in [3.63, 3.8) is 0 Å². The van der Waals surface area contributed by atoms with Gasteiger partial charge in [-0.1, -0.05) is 30.3 Å². The Hall–Kier alpha value is -3.53. The number of nitrogens with zero attached hydrogens (tertiary/aromatic N) is 3. The number of benzene rings is 2. The third-order valence-corrected chi connectivity index (χ3v) is 5.65. The predicted octanol–water partition coefficient (Wildman–Crippen LogP) is 1.47. The predicted molar refractivity (Wildman–Crippen MR) is 105 cm³/mol. The molecule has 148 valence electrons. The fourth-order valence-electron chi connectivity index (χ4n) is 3.16. The third kappa shape index (κ3) is 3.17. The van der Waals surface area contributed by atoms with Crippen LogP contribution in [0.15, 0.2) is 69.3 Å². The van der Waals surface area contributed by atoms with Crippen LogP contribution in [0.25, 0.3) is 16.9 Å². The van der Waals surface area contributed by atoms with E-state index in [1.54, 1.807) is 12.1 Å². The van der Waals surface area contributed by atoms with Crippen LogP contribution in [0, 0.1) is 5.82 Å². The molecule has 4 aromatic rings. The number of rotatable bonds is 4. The minimum atomic E-state index is -3.68. The zero-order chi connectivity index (χ0) is 20.8. The van der Waals surface area contributed by atoms with Crippen molar-refractivity contribution >= 4 is 21.0 Å². The number of H-pyrrole nitrogens is 1. The lowest BCUT2D eigenvalue weighted by Gasteiger charge is -2.14. The number of halogens is 1. The van der Waals surface area contributed by atoms with E-state index in [0.29, 0.717) is 0 Å². The van der Waals surface area contributed by atoms with Crippen LogP contribution in [0.5, 0.6) is 0 Å². The highest BCUT2D eigenvalue weighted by Gasteiger charge is 2.22. The molecule has 4 rings (SSSR count). The van der Waals surface area contributed by atoms with Crippen LogP contribution < -0.4 is 11.2 Å². The second kappa shape index (κ2) is 6.82. The smallest absolute Gasteiger partial charge is 0.337 e.